The number of phenolic OH excluding ortho intramolecular Hbond substituents is 1. The molecule has 1 amide bonds. The normalized spacial score (nSPS) is 26.5. The van der Waals surface area contributed by atoms with Crippen LogP contribution in [-0.2, 0) is 22.2 Å². The number of allylic oxidation sites excluding steroid dienone is 1. The van der Waals surface area contributed by atoms with Crippen molar-refractivity contribution in [3.8, 4) is 16.9 Å². The van der Waals surface area contributed by atoms with Crippen LogP contribution in [0, 0.1) is 11.8 Å². The summed E-state index contributed by atoms with van der Waals surface area (Å²) < 4.78 is 39.3. The summed E-state index contributed by atoms with van der Waals surface area (Å²) in [4.78, 5) is 40.6. The summed E-state index contributed by atoms with van der Waals surface area (Å²) in [6.45, 7) is 0. The number of aromatic hydroxyl groups is 1. The summed E-state index contributed by atoms with van der Waals surface area (Å²) in [6.07, 6.45) is -4.64. The van der Waals surface area contributed by atoms with Crippen LogP contribution in [0.3, 0.4) is 0 Å². The Bertz CT molecular complexity index is 1540. The lowest BCUT2D eigenvalue weighted by Crippen LogP contribution is -2.63. The minimum atomic E-state index is -4.55. The Balaban J connectivity index is 1.68. The molecule has 3 aliphatic rings. The van der Waals surface area contributed by atoms with Crippen LogP contribution < -0.4 is 5.73 Å². The Kier molecular flexibility index (Phi) is 6.12. The minimum absolute atomic E-state index is 0.0132. The topological polar surface area (TPSA) is 161 Å². The van der Waals surface area contributed by atoms with Crippen molar-refractivity contribution in [2.75, 3.05) is 14.1 Å². The zero-order valence-electron chi connectivity index (χ0n) is 21.3. The predicted octanol–water partition coefficient (Wildman–Crippen LogP) is 2.81. The highest BCUT2D eigenvalue weighted by Crippen LogP contribution is 2.53. The van der Waals surface area contributed by atoms with E-state index in [4.69, 9.17) is 5.73 Å². The number of halogens is 3. The highest BCUT2D eigenvalue weighted by molar-refractivity contribution is 6.24. The Morgan fingerprint density at radius 3 is 2.23 bits per heavy atom. The second kappa shape index (κ2) is 8.93. The van der Waals surface area contributed by atoms with Gasteiger partial charge in [0.25, 0.3) is 5.91 Å². The van der Waals surface area contributed by atoms with Gasteiger partial charge in [0.15, 0.2) is 11.4 Å². The summed E-state index contributed by atoms with van der Waals surface area (Å²) >= 11 is 0. The van der Waals surface area contributed by atoms with Crippen LogP contribution in [0.1, 0.15) is 27.9 Å². The molecule has 210 valence electrons. The van der Waals surface area contributed by atoms with Crippen molar-refractivity contribution in [2.24, 2.45) is 17.6 Å². The maximum absolute atomic E-state index is 13.8. The average molecular weight is 559 g/mol. The first-order valence-electron chi connectivity index (χ1n) is 12.3. The van der Waals surface area contributed by atoms with Gasteiger partial charge < -0.3 is 26.2 Å². The molecule has 3 aliphatic carbocycles. The van der Waals surface area contributed by atoms with E-state index in [1.54, 1.807) is 0 Å². The van der Waals surface area contributed by atoms with Gasteiger partial charge in [-0.25, -0.2) is 0 Å². The second-order valence-corrected chi connectivity index (χ2v) is 10.5. The van der Waals surface area contributed by atoms with E-state index < -0.39 is 75.5 Å². The van der Waals surface area contributed by atoms with Gasteiger partial charge >= 0.3 is 6.18 Å². The van der Waals surface area contributed by atoms with Crippen molar-refractivity contribution >= 4 is 17.5 Å². The summed E-state index contributed by atoms with van der Waals surface area (Å²) in [6, 6.07) is 5.83. The van der Waals surface area contributed by atoms with Crippen molar-refractivity contribution in [3.63, 3.8) is 0 Å². The quantitative estimate of drug-likeness (QED) is 0.360. The highest BCUT2D eigenvalue weighted by atomic mass is 19.4. The van der Waals surface area contributed by atoms with Crippen molar-refractivity contribution in [1.82, 2.24) is 4.90 Å². The molecule has 5 rings (SSSR count). The lowest BCUT2D eigenvalue weighted by atomic mass is 9.58. The largest absolute Gasteiger partial charge is 0.510 e. The van der Waals surface area contributed by atoms with Gasteiger partial charge in [-0.15, -0.1) is 0 Å². The van der Waals surface area contributed by atoms with Gasteiger partial charge in [-0.3, -0.25) is 19.3 Å². The fourth-order valence-corrected chi connectivity index (χ4v) is 6.36. The van der Waals surface area contributed by atoms with Gasteiger partial charge in [0.1, 0.15) is 22.8 Å². The number of primary amides is 1. The molecule has 0 fully saturated rings. The molecule has 2 aromatic rings. The number of carbonyl (C=O) groups excluding carboxylic acids is 3. The van der Waals surface area contributed by atoms with Gasteiger partial charge in [0, 0.05) is 11.5 Å². The molecule has 9 nitrogen and oxygen atoms in total. The van der Waals surface area contributed by atoms with Crippen molar-refractivity contribution in [1.29, 1.82) is 0 Å². The molecule has 12 heteroatoms. The summed E-state index contributed by atoms with van der Waals surface area (Å²) in [7, 11) is 3.04. The molecule has 0 radical (unpaired) electrons. The molecule has 4 atom stereocenters. The van der Waals surface area contributed by atoms with Crippen LogP contribution in [0.5, 0.6) is 5.75 Å². The van der Waals surface area contributed by atoms with Gasteiger partial charge in [-0.05, 0) is 67.7 Å². The first kappa shape index (κ1) is 27.4. The number of aliphatic hydroxyl groups excluding tert-OH is 2. The average Bonchev–Trinajstić information content (AvgIpc) is 2.85. The molecule has 0 aliphatic heterocycles. The van der Waals surface area contributed by atoms with E-state index in [1.807, 2.05) is 0 Å². The molecule has 6 N–H and O–H groups in total. The molecular weight excluding hydrogens is 533 g/mol. The van der Waals surface area contributed by atoms with E-state index in [2.05, 4.69) is 0 Å². The standard InChI is InChI=1S/C28H25F3N2O7/c1-33(2)21-16-10-12-9-15-14(11-3-5-13(6-4-11)28(29,30)31)7-8-17(34)19(15)22(35)18(12)24(37)27(16,40)25(38)20(23(21)36)26(32)39/h3-8,12,16,21,34,36-37,40H,9-10H2,1-2H3,(H2,32,39)/t12-,16+,21+,27-/m1/s1. The summed E-state index contributed by atoms with van der Waals surface area (Å²) in [5, 5.41) is 44.4. The number of ketones is 2. The number of hydrogen-bond donors (Lipinski definition) is 5. The second-order valence-electron chi connectivity index (χ2n) is 10.5. The molecular formula is C28H25F3N2O7. The molecule has 0 heterocycles. The molecule has 0 bridgehead atoms. The summed E-state index contributed by atoms with van der Waals surface area (Å²) in [5.41, 5.74) is 1.31. The van der Waals surface area contributed by atoms with Crippen molar-refractivity contribution < 1.29 is 48.0 Å². The van der Waals surface area contributed by atoms with Crippen LogP contribution in [0.2, 0.25) is 0 Å². The third-order valence-electron chi connectivity index (χ3n) is 8.13. The minimum Gasteiger partial charge on any atom is -0.510 e. The number of nitrogens with two attached hydrogens (primary N) is 1. The van der Waals surface area contributed by atoms with Crippen LogP contribution in [-0.4, -0.2) is 68.5 Å². The van der Waals surface area contributed by atoms with E-state index >= 15 is 0 Å². The Hall–Kier alpha value is -4.16. The number of hydrogen-bond acceptors (Lipinski definition) is 8. The molecule has 0 spiro atoms. The maximum atomic E-state index is 13.8. The van der Waals surface area contributed by atoms with Gasteiger partial charge in [0.05, 0.1) is 17.2 Å². The lowest BCUT2D eigenvalue weighted by Gasteiger charge is -2.50. The Morgan fingerprint density at radius 1 is 1.05 bits per heavy atom. The van der Waals surface area contributed by atoms with Crippen LogP contribution in [0.15, 0.2) is 59.1 Å². The van der Waals surface area contributed by atoms with E-state index in [1.165, 1.54) is 43.3 Å². The van der Waals surface area contributed by atoms with E-state index in [0.29, 0.717) is 16.7 Å². The summed E-state index contributed by atoms with van der Waals surface area (Å²) in [5.74, 6) is -7.67. The number of Topliss-reactive ketones (excluding diaryl/α,β-unsaturated/α-hetero) is 2. The van der Waals surface area contributed by atoms with Crippen LogP contribution in [0.25, 0.3) is 11.1 Å². The monoisotopic (exact) mass is 558 g/mol. The van der Waals surface area contributed by atoms with E-state index in [-0.39, 0.29) is 24.0 Å². The first-order chi connectivity index (χ1) is 18.6. The van der Waals surface area contributed by atoms with E-state index in [9.17, 15) is 48.0 Å². The number of rotatable bonds is 3. The SMILES string of the molecule is CN(C)[C@@H]1C(O)=C(C(N)=O)C(=O)[C@]2(O)C(O)=C3C(=O)c4c(O)ccc(-c5ccc(C(F)(F)F)cc5)c4C[C@@H]3C[C@@H]12. The Morgan fingerprint density at radius 2 is 1.68 bits per heavy atom. The van der Waals surface area contributed by atoms with Gasteiger partial charge in [-0.1, -0.05) is 18.2 Å². The molecule has 0 aromatic heterocycles. The van der Waals surface area contributed by atoms with Crippen LogP contribution in [0.4, 0.5) is 13.2 Å². The fraction of sp³-hybridized carbons (Fsp3) is 0.321. The molecule has 0 unspecified atom stereocenters. The maximum Gasteiger partial charge on any atom is 0.416 e. The molecule has 0 saturated carbocycles. The fourth-order valence-electron chi connectivity index (χ4n) is 6.36. The number of phenols is 1. The van der Waals surface area contributed by atoms with Gasteiger partial charge in [0.2, 0.25) is 5.78 Å². The Labute approximate surface area is 225 Å². The zero-order valence-corrected chi connectivity index (χ0v) is 21.3. The number of aliphatic hydroxyl groups is 3. The van der Waals surface area contributed by atoms with Crippen LogP contribution >= 0.6 is 0 Å². The number of fused-ring (bicyclic) bond motifs is 3. The van der Waals surface area contributed by atoms with Gasteiger partial charge in [-0.2, -0.15) is 13.2 Å². The smallest absolute Gasteiger partial charge is 0.416 e. The third kappa shape index (κ3) is 3.74. The number of benzene rings is 2. The number of carbonyl (C=O) groups is 3. The van der Waals surface area contributed by atoms with Crippen molar-refractivity contribution in [2.45, 2.75) is 30.7 Å². The first-order valence-corrected chi connectivity index (χ1v) is 12.3. The lowest BCUT2D eigenvalue weighted by molar-refractivity contribution is -0.148. The van der Waals surface area contributed by atoms with E-state index in [0.717, 1.165) is 12.1 Å². The predicted molar refractivity (Wildman–Crippen MR) is 134 cm³/mol. The number of nitrogens with zero attached hydrogens (tertiary/aromatic N) is 1. The molecule has 0 saturated heterocycles. The number of likely N-dealkylation sites (N-methyl/N-ethyl adjacent to an activating group) is 1. The van der Waals surface area contributed by atoms with Crippen molar-refractivity contribution in [3.05, 3.63) is 75.8 Å². The number of alkyl halides is 3. The zero-order chi connectivity index (χ0) is 29.5. The highest BCUT2D eigenvalue weighted by Gasteiger charge is 2.63. The third-order valence-corrected chi connectivity index (χ3v) is 8.13. The number of amides is 1. The molecule has 40 heavy (non-hydrogen) atoms. The molecule has 2 aromatic carbocycles.